The van der Waals surface area contributed by atoms with Gasteiger partial charge in [-0.25, -0.2) is 0 Å². The van der Waals surface area contributed by atoms with E-state index in [0.29, 0.717) is 0 Å². The van der Waals surface area contributed by atoms with Gasteiger partial charge in [-0.05, 0) is 66.6 Å². The molecular weight excluding hydrogens is 512 g/mol. The van der Waals surface area contributed by atoms with Crippen molar-refractivity contribution < 1.29 is 0 Å². The van der Waals surface area contributed by atoms with Gasteiger partial charge in [-0.3, -0.25) is 4.99 Å². The van der Waals surface area contributed by atoms with Gasteiger partial charge in [0.1, 0.15) is 5.84 Å². The quantitative estimate of drug-likeness (QED) is 0.0413. The van der Waals surface area contributed by atoms with Crippen LogP contribution in [0.4, 0.5) is 0 Å². The van der Waals surface area contributed by atoms with Gasteiger partial charge in [0, 0.05) is 12.1 Å². The van der Waals surface area contributed by atoms with Crippen molar-refractivity contribution in [1.82, 2.24) is 16.0 Å². The van der Waals surface area contributed by atoms with Crippen molar-refractivity contribution in [1.29, 1.82) is 0 Å². The maximum atomic E-state index is 5.01. The van der Waals surface area contributed by atoms with Gasteiger partial charge in [0.25, 0.3) is 0 Å². The molecule has 0 aromatic heterocycles. The summed E-state index contributed by atoms with van der Waals surface area (Å²) in [7, 11) is 0. The Morgan fingerprint density at radius 1 is 0.500 bits per heavy atom. The highest BCUT2D eigenvalue weighted by Crippen LogP contribution is 2.13. The Morgan fingerprint density at radius 2 is 0.881 bits per heavy atom. The van der Waals surface area contributed by atoms with E-state index >= 15 is 0 Å². The predicted octanol–water partition coefficient (Wildman–Crippen LogP) is 11.1. The maximum Gasteiger partial charge on any atom is 0.114 e. The molecule has 0 fully saturated rings. The first-order valence-corrected chi connectivity index (χ1v) is 19.2. The van der Waals surface area contributed by atoms with Crippen molar-refractivity contribution in [2.24, 2.45) is 4.99 Å². The van der Waals surface area contributed by atoms with Crippen LogP contribution in [-0.4, -0.2) is 43.6 Å². The molecule has 0 aliphatic rings. The van der Waals surface area contributed by atoms with Crippen molar-refractivity contribution in [2.45, 2.75) is 214 Å². The molecule has 0 aliphatic carbocycles. The fourth-order valence-electron chi connectivity index (χ4n) is 5.67. The predicted molar refractivity (Wildman–Crippen MR) is 192 cm³/mol. The largest absolute Gasteiger partial charge is 0.368 e. The summed E-state index contributed by atoms with van der Waals surface area (Å²) in [4.78, 5) is 5.01. The normalized spacial score (nSPS) is 13.1. The zero-order valence-electron chi connectivity index (χ0n) is 30.0. The smallest absolute Gasteiger partial charge is 0.114 e. The van der Waals surface area contributed by atoms with E-state index in [1.54, 1.807) is 0 Å². The van der Waals surface area contributed by atoms with Gasteiger partial charge >= 0.3 is 0 Å². The molecule has 4 nitrogen and oxygen atoms in total. The third kappa shape index (κ3) is 32.3. The van der Waals surface area contributed by atoms with E-state index in [1.807, 2.05) is 0 Å². The van der Waals surface area contributed by atoms with E-state index in [9.17, 15) is 0 Å². The Morgan fingerprint density at radius 3 is 1.31 bits per heavy atom. The number of nitrogens with zero attached hydrogens (tertiary/aromatic N) is 1. The van der Waals surface area contributed by atoms with Crippen molar-refractivity contribution in [3.63, 3.8) is 0 Å². The van der Waals surface area contributed by atoms with Gasteiger partial charge in [-0.2, -0.15) is 0 Å². The highest BCUT2D eigenvalue weighted by atomic mass is 15.1. The number of nitrogens with one attached hydrogen (secondary N) is 3. The van der Waals surface area contributed by atoms with Crippen molar-refractivity contribution >= 4 is 5.84 Å². The second kappa shape index (κ2) is 31.8. The molecule has 0 radical (unpaired) electrons. The third-order valence-corrected chi connectivity index (χ3v) is 8.40. The van der Waals surface area contributed by atoms with Crippen molar-refractivity contribution in [3.05, 3.63) is 0 Å². The summed E-state index contributed by atoms with van der Waals surface area (Å²) < 4.78 is 0. The fourth-order valence-corrected chi connectivity index (χ4v) is 5.67. The number of hydrogen-bond donors (Lipinski definition) is 3. The van der Waals surface area contributed by atoms with E-state index in [2.05, 4.69) is 57.5 Å². The zero-order valence-corrected chi connectivity index (χ0v) is 30.0. The molecule has 42 heavy (non-hydrogen) atoms. The lowest BCUT2D eigenvalue weighted by Crippen LogP contribution is -2.50. The highest BCUT2D eigenvalue weighted by molar-refractivity contribution is 5.87. The van der Waals surface area contributed by atoms with E-state index < -0.39 is 0 Å². The molecule has 0 aliphatic heterocycles. The minimum atomic E-state index is 0.0428. The number of unbranched alkanes of at least 4 members (excludes halogenated alkanes) is 22. The average molecular weight is 593 g/mol. The molecule has 0 heterocycles. The summed E-state index contributed by atoms with van der Waals surface area (Å²) in [6.45, 7) is 17.8. The second-order valence-corrected chi connectivity index (χ2v) is 14.2. The lowest BCUT2D eigenvalue weighted by Gasteiger charge is -2.27. The van der Waals surface area contributed by atoms with Crippen LogP contribution >= 0.6 is 0 Å². The van der Waals surface area contributed by atoms with Crippen LogP contribution in [0.2, 0.25) is 0 Å². The average Bonchev–Trinajstić information content (AvgIpc) is 2.95. The van der Waals surface area contributed by atoms with E-state index in [1.165, 1.54) is 167 Å². The molecule has 4 heteroatoms. The molecule has 252 valence electrons. The molecule has 0 aromatic carbocycles. The third-order valence-electron chi connectivity index (χ3n) is 8.40. The van der Waals surface area contributed by atoms with Crippen LogP contribution in [-0.2, 0) is 0 Å². The van der Waals surface area contributed by atoms with Crippen LogP contribution < -0.4 is 16.0 Å². The van der Waals surface area contributed by atoms with Gasteiger partial charge in [-0.1, -0.05) is 155 Å². The summed E-state index contributed by atoms with van der Waals surface area (Å²) in [5.41, 5.74) is 0.0428. The van der Waals surface area contributed by atoms with Crippen LogP contribution in [0.15, 0.2) is 4.99 Å². The van der Waals surface area contributed by atoms with Crippen LogP contribution in [0.1, 0.15) is 202 Å². The van der Waals surface area contributed by atoms with Crippen molar-refractivity contribution in [3.8, 4) is 0 Å². The number of hydrogen-bond acceptors (Lipinski definition) is 3. The number of rotatable bonds is 32. The van der Waals surface area contributed by atoms with Crippen LogP contribution in [0.3, 0.4) is 0 Å². The molecule has 1 unspecified atom stereocenters. The fraction of sp³-hybridized carbons (Fsp3) is 0.974. The zero-order chi connectivity index (χ0) is 31.0. The summed E-state index contributed by atoms with van der Waals surface area (Å²) in [5, 5.41) is 11.1. The Bertz CT molecular complexity index is 554. The van der Waals surface area contributed by atoms with E-state index in [4.69, 9.17) is 4.99 Å². The van der Waals surface area contributed by atoms with Crippen LogP contribution in [0, 0.1) is 0 Å². The summed E-state index contributed by atoms with van der Waals surface area (Å²) in [6, 6.07) is 0.276. The molecule has 0 saturated carbocycles. The summed E-state index contributed by atoms with van der Waals surface area (Å²) >= 11 is 0. The van der Waals surface area contributed by atoms with Gasteiger partial charge in [0.05, 0.1) is 6.04 Å². The van der Waals surface area contributed by atoms with E-state index in [-0.39, 0.29) is 11.6 Å². The highest BCUT2D eigenvalue weighted by Gasteiger charge is 2.17. The molecule has 0 aromatic rings. The SMILES string of the molecule is CCCCCCCCCCCCCCN=C(NC(C)(C)C)C(C)NCCCNCCCCCCCCCCCCCC. The van der Waals surface area contributed by atoms with Crippen LogP contribution in [0.25, 0.3) is 0 Å². The number of amidine groups is 1. The van der Waals surface area contributed by atoms with Gasteiger partial charge in [0.15, 0.2) is 0 Å². The Labute approximate surface area is 266 Å². The molecular formula is C38H80N4. The minimum absolute atomic E-state index is 0.0428. The van der Waals surface area contributed by atoms with Gasteiger partial charge in [0.2, 0.25) is 0 Å². The van der Waals surface area contributed by atoms with Crippen molar-refractivity contribution in [2.75, 3.05) is 26.2 Å². The first-order valence-electron chi connectivity index (χ1n) is 19.2. The Balaban J connectivity index is 3.78. The molecule has 0 rings (SSSR count). The molecule has 1 atom stereocenters. The monoisotopic (exact) mass is 593 g/mol. The molecule has 0 amide bonds. The molecule has 0 bridgehead atoms. The standard InChI is InChI=1S/C38H80N4/c1-7-9-11-13-15-17-19-21-23-25-27-29-32-39-33-31-35-40-36(3)37(42-38(4,5)6)41-34-30-28-26-24-22-20-18-16-14-12-10-8-2/h36,39-40H,7-35H2,1-6H3,(H,41,42). The second-order valence-electron chi connectivity index (χ2n) is 14.2. The molecule has 3 N–H and O–H groups in total. The van der Waals surface area contributed by atoms with Gasteiger partial charge < -0.3 is 16.0 Å². The Hall–Kier alpha value is -0.610. The van der Waals surface area contributed by atoms with Crippen LogP contribution in [0.5, 0.6) is 0 Å². The van der Waals surface area contributed by atoms with Gasteiger partial charge in [-0.15, -0.1) is 0 Å². The molecule has 0 spiro atoms. The Kier molecular flexibility index (Phi) is 31.3. The minimum Gasteiger partial charge on any atom is -0.368 e. The first kappa shape index (κ1) is 41.4. The first-order chi connectivity index (χ1) is 20.4. The topological polar surface area (TPSA) is 48.5 Å². The lowest BCUT2D eigenvalue weighted by molar-refractivity contribution is 0.488. The van der Waals surface area contributed by atoms with E-state index in [0.717, 1.165) is 25.5 Å². The summed E-state index contributed by atoms with van der Waals surface area (Å²) in [5.74, 6) is 1.13. The maximum absolute atomic E-state index is 5.01. The number of aliphatic imine (C=N–C) groups is 1. The molecule has 0 saturated heterocycles. The summed E-state index contributed by atoms with van der Waals surface area (Å²) in [6.07, 6.45) is 34.9. The lowest BCUT2D eigenvalue weighted by atomic mass is 10.1.